The molecular weight excluding hydrogens is 392 g/mol. The minimum Gasteiger partial charge on any atom is -0.492 e. The molecule has 0 spiro atoms. The van der Waals surface area contributed by atoms with Gasteiger partial charge < -0.3 is 20.8 Å². The molecule has 2 heterocycles. The highest BCUT2D eigenvalue weighted by atomic mass is 35.5. The Morgan fingerprint density at radius 2 is 2.17 bits per heavy atom. The number of pyridine rings is 2. The van der Waals surface area contributed by atoms with Gasteiger partial charge in [0.15, 0.2) is 0 Å². The van der Waals surface area contributed by atoms with Gasteiger partial charge in [0.25, 0.3) is 5.56 Å². The lowest BCUT2D eigenvalue weighted by Crippen LogP contribution is -2.20. The van der Waals surface area contributed by atoms with Crippen LogP contribution in [0.3, 0.4) is 0 Å². The molecule has 29 heavy (non-hydrogen) atoms. The zero-order valence-corrected chi connectivity index (χ0v) is 16.6. The van der Waals surface area contributed by atoms with Crippen molar-refractivity contribution in [2.24, 2.45) is 11.7 Å². The molecular formula is C21H21ClN4O3. The van der Waals surface area contributed by atoms with Crippen molar-refractivity contribution in [3.8, 4) is 5.75 Å². The van der Waals surface area contributed by atoms with Crippen LogP contribution in [0.4, 0.5) is 5.82 Å². The molecule has 1 saturated carbocycles. The molecule has 1 amide bonds. The first-order chi connectivity index (χ1) is 13.9. The van der Waals surface area contributed by atoms with Crippen LogP contribution in [0.15, 0.2) is 41.3 Å². The lowest BCUT2D eigenvalue weighted by atomic mass is 10.1. The number of nitrogens with zero attached hydrogens (tertiary/aromatic N) is 1. The summed E-state index contributed by atoms with van der Waals surface area (Å²) in [5.41, 5.74) is 6.61. The first-order valence-electron chi connectivity index (χ1n) is 9.42. The SMILES string of the molecule is C[C@H](Nc1cc(C(N)=O)ccn1)c1cc2cc(Cl)c(OCC3CC3)cc2[nH]c1=O. The van der Waals surface area contributed by atoms with Crippen LogP contribution in [0.25, 0.3) is 10.9 Å². The number of carbonyl (C=O) groups is 1. The number of primary amides is 1. The molecule has 150 valence electrons. The lowest BCUT2D eigenvalue weighted by molar-refractivity contribution is 0.1000. The van der Waals surface area contributed by atoms with Crippen LogP contribution in [0.1, 0.15) is 41.7 Å². The Bertz CT molecular complexity index is 1140. The second kappa shape index (κ2) is 7.75. The molecule has 1 atom stereocenters. The van der Waals surface area contributed by atoms with Gasteiger partial charge in [-0.25, -0.2) is 4.98 Å². The summed E-state index contributed by atoms with van der Waals surface area (Å²) in [5.74, 6) is 1.10. The number of aromatic nitrogens is 2. The Labute approximate surface area is 172 Å². The smallest absolute Gasteiger partial charge is 0.253 e. The molecule has 7 nitrogen and oxygen atoms in total. The summed E-state index contributed by atoms with van der Waals surface area (Å²) in [6.07, 6.45) is 3.86. The molecule has 0 saturated heterocycles. The van der Waals surface area contributed by atoms with Crippen molar-refractivity contribution in [2.75, 3.05) is 11.9 Å². The number of hydrogen-bond acceptors (Lipinski definition) is 5. The number of nitrogens with two attached hydrogens (primary N) is 1. The molecule has 1 aliphatic carbocycles. The number of anilines is 1. The maximum absolute atomic E-state index is 12.6. The summed E-state index contributed by atoms with van der Waals surface area (Å²) in [6.45, 7) is 2.48. The van der Waals surface area contributed by atoms with Crippen LogP contribution in [0, 0.1) is 5.92 Å². The molecule has 1 fully saturated rings. The van der Waals surface area contributed by atoms with Crippen molar-refractivity contribution in [3.63, 3.8) is 0 Å². The number of rotatable bonds is 7. The van der Waals surface area contributed by atoms with E-state index in [4.69, 9.17) is 22.1 Å². The Kier molecular flexibility index (Phi) is 5.15. The number of fused-ring (bicyclic) bond motifs is 1. The highest BCUT2D eigenvalue weighted by Crippen LogP contribution is 2.33. The van der Waals surface area contributed by atoms with Gasteiger partial charge in [-0.05, 0) is 49.9 Å². The van der Waals surface area contributed by atoms with E-state index >= 15 is 0 Å². The lowest BCUT2D eigenvalue weighted by Gasteiger charge is -2.16. The van der Waals surface area contributed by atoms with E-state index in [0.717, 1.165) is 5.39 Å². The molecule has 4 N–H and O–H groups in total. The van der Waals surface area contributed by atoms with Crippen molar-refractivity contribution in [1.82, 2.24) is 9.97 Å². The number of H-pyrrole nitrogens is 1. The van der Waals surface area contributed by atoms with Gasteiger partial charge in [-0.15, -0.1) is 0 Å². The predicted molar refractivity (Wildman–Crippen MR) is 113 cm³/mol. The second-order valence-corrected chi connectivity index (χ2v) is 7.75. The first-order valence-corrected chi connectivity index (χ1v) is 9.80. The van der Waals surface area contributed by atoms with Crippen molar-refractivity contribution in [3.05, 3.63) is 63.0 Å². The molecule has 3 aromatic rings. The number of halogens is 1. The summed E-state index contributed by atoms with van der Waals surface area (Å²) in [4.78, 5) is 31.1. The maximum Gasteiger partial charge on any atom is 0.253 e. The summed E-state index contributed by atoms with van der Waals surface area (Å²) >= 11 is 6.37. The van der Waals surface area contributed by atoms with Gasteiger partial charge >= 0.3 is 0 Å². The van der Waals surface area contributed by atoms with Crippen molar-refractivity contribution in [2.45, 2.75) is 25.8 Å². The Balaban J connectivity index is 1.60. The number of benzene rings is 1. The van der Waals surface area contributed by atoms with Crippen LogP contribution in [0.2, 0.25) is 5.02 Å². The molecule has 1 aromatic carbocycles. The Morgan fingerprint density at radius 1 is 1.38 bits per heavy atom. The van der Waals surface area contributed by atoms with Crippen LogP contribution < -0.4 is 21.3 Å². The summed E-state index contributed by atoms with van der Waals surface area (Å²) in [5, 5.41) is 4.44. The fraction of sp³-hybridized carbons (Fsp3) is 0.286. The molecule has 0 aliphatic heterocycles. The minimum absolute atomic E-state index is 0.223. The van der Waals surface area contributed by atoms with Gasteiger partial charge in [-0.1, -0.05) is 11.6 Å². The number of hydrogen-bond donors (Lipinski definition) is 3. The highest BCUT2D eigenvalue weighted by Gasteiger charge is 2.22. The number of carbonyl (C=O) groups excluding carboxylic acids is 1. The van der Waals surface area contributed by atoms with E-state index in [1.165, 1.54) is 25.1 Å². The fourth-order valence-corrected chi connectivity index (χ4v) is 3.34. The molecule has 0 unspecified atom stereocenters. The van der Waals surface area contributed by atoms with E-state index in [1.807, 2.05) is 6.92 Å². The van der Waals surface area contributed by atoms with E-state index in [1.54, 1.807) is 24.3 Å². The van der Waals surface area contributed by atoms with Gasteiger partial charge in [-0.3, -0.25) is 9.59 Å². The second-order valence-electron chi connectivity index (χ2n) is 7.34. The summed E-state index contributed by atoms with van der Waals surface area (Å²) < 4.78 is 5.78. The number of ether oxygens (including phenoxy) is 1. The van der Waals surface area contributed by atoms with E-state index < -0.39 is 5.91 Å². The zero-order valence-electron chi connectivity index (χ0n) is 15.9. The third-order valence-electron chi connectivity index (χ3n) is 4.97. The van der Waals surface area contributed by atoms with Gasteiger partial charge in [0.2, 0.25) is 5.91 Å². The molecule has 2 aromatic heterocycles. The van der Waals surface area contributed by atoms with Crippen LogP contribution >= 0.6 is 11.6 Å². The Morgan fingerprint density at radius 3 is 2.90 bits per heavy atom. The largest absolute Gasteiger partial charge is 0.492 e. The average molecular weight is 413 g/mol. The molecule has 0 radical (unpaired) electrons. The molecule has 4 rings (SSSR count). The van der Waals surface area contributed by atoms with Crippen LogP contribution in [0.5, 0.6) is 5.75 Å². The normalized spacial score (nSPS) is 14.6. The van der Waals surface area contributed by atoms with Crippen molar-refractivity contribution >= 4 is 34.2 Å². The first kappa shape index (κ1) is 19.3. The zero-order chi connectivity index (χ0) is 20.5. The van der Waals surface area contributed by atoms with Crippen molar-refractivity contribution in [1.29, 1.82) is 0 Å². The van der Waals surface area contributed by atoms with E-state index in [-0.39, 0.29) is 11.6 Å². The minimum atomic E-state index is -0.541. The van der Waals surface area contributed by atoms with Crippen molar-refractivity contribution < 1.29 is 9.53 Å². The van der Waals surface area contributed by atoms with E-state index in [9.17, 15) is 9.59 Å². The van der Waals surface area contributed by atoms with Gasteiger partial charge in [-0.2, -0.15) is 0 Å². The van der Waals surface area contributed by atoms with E-state index in [0.29, 0.717) is 45.8 Å². The summed E-state index contributed by atoms with van der Waals surface area (Å²) in [7, 11) is 0. The topological polar surface area (TPSA) is 110 Å². The van der Waals surface area contributed by atoms with Crippen LogP contribution in [-0.4, -0.2) is 22.5 Å². The summed E-state index contributed by atoms with van der Waals surface area (Å²) in [6, 6.07) is 8.07. The average Bonchev–Trinajstić information content (AvgIpc) is 3.51. The third kappa shape index (κ3) is 4.35. The standard InChI is InChI=1S/C21H21ClN4O3/c1-11(25-19-8-13(20(23)27)4-5-24-19)15-6-14-7-16(22)18(29-10-12-2-3-12)9-17(14)26-21(15)28/h4-9,11-12H,2-3,10H2,1H3,(H2,23,27)(H,24,25)(H,26,28)/t11-/m0/s1. The molecule has 8 heteroatoms. The number of aromatic amines is 1. The highest BCUT2D eigenvalue weighted by molar-refractivity contribution is 6.32. The molecule has 0 bridgehead atoms. The third-order valence-corrected chi connectivity index (χ3v) is 5.27. The predicted octanol–water partition coefficient (Wildman–Crippen LogP) is 3.64. The monoisotopic (exact) mass is 412 g/mol. The quantitative estimate of drug-likeness (QED) is 0.548. The van der Waals surface area contributed by atoms with Gasteiger partial charge in [0.05, 0.1) is 23.2 Å². The Hall–Kier alpha value is -3.06. The number of nitrogens with one attached hydrogen (secondary N) is 2. The maximum atomic E-state index is 12.6. The van der Waals surface area contributed by atoms with E-state index in [2.05, 4.69) is 15.3 Å². The molecule has 1 aliphatic rings. The van der Waals surface area contributed by atoms with Crippen LogP contribution in [-0.2, 0) is 0 Å². The van der Waals surface area contributed by atoms with Gasteiger partial charge in [0, 0.05) is 28.8 Å². The number of amides is 1. The van der Waals surface area contributed by atoms with Gasteiger partial charge in [0.1, 0.15) is 11.6 Å². The fourth-order valence-electron chi connectivity index (χ4n) is 3.11.